The predicted octanol–water partition coefficient (Wildman–Crippen LogP) is 3.19. The lowest BCUT2D eigenvalue weighted by Gasteiger charge is -2.20. The van der Waals surface area contributed by atoms with Gasteiger partial charge in [-0.15, -0.1) is 0 Å². The zero-order valence-corrected chi connectivity index (χ0v) is 13.0. The molecule has 3 rings (SSSR count). The van der Waals surface area contributed by atoms with E-state index in [0.717, 1.165) is 11.1 Å². The average molecular weight is 312 g/mol. The molecule has 1 fully saturated rings. The van der Waals surface area contributed by atoms with Crippen molar-refractivity contribution in [3.05, 3.63) is 59.4 Å². The molecular formula is C18H17FN2O2. The van der Waals surface area contributed by atoms with E-state index in [1.54, 1.807) is 12.1 Å². The van der Waals surface area contributed by atoms with Gasteiger partial charge in [-0.3, -0.25) is 9.59 Å². The number of hydrogen-bond acceptors (Lipinski definition) is 3. The smallest absolute Gasteiger partial charge is 0.256 e. The van der Waals surface area contributed by atoms with E-state index in [1.807, 2.05) is 32.0 Å². The van der Waals surface area contributed by atoms with Crippen molar-refractivity contribution in [2.45, 2.75) is 26.3 Å². The minimum Gasteiger partial charge on any atom is -0.373 e. The van der Waals surface area contributed by atoms with Gasteiger partial charge in [0, 0.05) is 5.69 Å². The summed E-state index contributed by atoms with van der Waals surface area (Å²) in [5.74, 6) is -0.948. The molecule has 23 heavy (non-hydrogen) atoms. The molecule has 1 atom stereocenters. The van der Waals surface area contributed by atoms with Gasteiger partial charge in [0.25, 0.3) is 5.91 Å². The van der Waals surface area contributed by atoms with Crippen molar-refractivity contribution in [1.82, 2.24) is 0 Å². The molecular weight excluding hydrogens is 295 g/mol. The Labute approximate surface area is 133 Å². The second kappa shape index (κ2) is 5.83. The Hall–Kier alpha value is -2.69. The molecule has 0 unspecified atom stereocenters. The van der Waals surface area contributed by atoms with Crippen LogP contribution in [0.15, 0.2) is 42.5 Å². The van der Waals surface area contributed by atoms with Gasteiger partial charge in [0.15, 0.2) is 0 Å². The molecule has 0 spiro atoms. The van der Waals surface area contributed by atoms with Crippen LogP contribution in [0.2, 0.25) is 0 Å². The Morgan fingerprint density at radius 2 is 1.74 bits per heavy atom. The van der Waals surface area contributed by atoms with Gasteiger partial charge in [-0.2, -0.15) is 0 Å². The lowest BCUT2D eigenvalue weighted by Crippen LogP contribution is -2.35. The van der Waals surface area contributed by atoms with Crippen LogP contribution in [0.1, 0.15) is 17.5 Å². The summed E-state index contributed by atoms with van der Waals surface area (Å²) in [6.45, 7) is 3.74. The van der Waals surface area contributed by atoms with Crippen LogP contribution in [-0.4, -0.2) is 17.9 Å². The van der Waals surface area contributed by atoms with E-state index >= 15 is 0 Å². The molecule has 1 heterocycles. The summed E-state index contributed by atoms with van der Waals surface area (Å²) in [7, 11) is 0. The molecule has 2 aromatic carbocycles. The Bertz CT molecular complexity index is 768. The zero-order valence-electron chi connectivity index (χ0n) is 13.0. The lowest BCUT2D eigenvalue weighted by atomic mass is 10.1. The SMILES string of the molecule is Cc1cccc(C)c1N1C(=O)C[C@H](Nc2cccc(F)c2)C1=O. The van der Waals surface area contributed by atoms with E-state index in [4.69, 9.17) is 0 Å². The quantitative estimate of drug-likeness (QED) is 0.886. The van der Waals surface area contributed by atoms with Gasteiger partial charge in [0.1, 0.15) is 11.9 Å². The number of hydrogen-bond donors (Lipinski definition) is 1. The topological polar surface area (TPSA) is 49.4 Å². The second-order valence-electron chi connectivity index (χ2n) is 5.72. The average Bonchev–Trinajstić information content (AvgIpc) is 2.75. The standard InChI is InChI=1S/C18H17FN2O2/c1-11-5-3-6-12(2)17(11)21-16(22)10-15(18(21)23)20-14-8-4-7-13(19)9-14/h3-9,15,20H,10H2,1-2H3/t15-/m0/s1. The summed E-state index contributed by atoms with van der Waals surface area (Å²) < 4.78 is 13.3. The van der Waals surface area contributed by atoms with E-state index in [1.165, 1.54) is 17.0 Å². The normalized spacial score (nSPS) is 17.7. The minimum absolute atomic E-state index is 0.0587. The highest BCUT2D eigenvalue weighted by molar-refractivity contribution is 6.23. The maximum absolute atomic E-state index is 13.3. The monoisotopic (exact) mass is 312 g/mol. The van der Waals surface area contributed by atoms with Crippen LogP contribution in [-0.2, 0) is 9.59 Å². The number of carbonyl (C=O) groups is 2. The van der Waals surface area contributed by atoms with E-state index in [-0.39, 0.29) is 18.2 Å². The van der Waals surface area contributed by atoms with Crippen molar-refractivity contribution in [1.29, 1.82) is 0 Å². The van der Waals surface area contributed by atoms with Crippen LogP contribution in [0.5, 0.6) is 0 Å². The number of benzene rings is 2. The number of aryl methyl sites for hydroxylation is 2. The highest BCUT2D eigenvalue weighted by atomic mass is 19.1. The molecule has 1 aliphatic heterocycles. The summed E-state index contributed by atoms with van der Waals surface area (Å²) in [6, 6.07) is 10.8. The van der Waals surface area contributed by atoms with Crippen molar-refractivity contribution in [3.8, 4) is 0 Å². The van der Waals surface area contributed by atoms with Gasteiger partial charge in [0.05, 0.1) is 12.1 Å². The highest BCUT2D eigenvalue weighted by Crippen LogP contribution is 2.30. The maximum Gasteiger partial charge on any atom is 0.256 e. The predicted molar refractivity (Wildman–Crippen MR) is 86.8 cm³/mol. The number of nitrogens with zero attached hydrogens (tertiary/aromatic N) is 1. The maximum atomic E-state index is 13.3. The molecule has 4 nitrogen and oxygen atoms in total. The molecule has 0 bridgehead atoms. The van der Waals surface area contributed by atoms with Crippen molar-refractivity contribution in [3.63, 3.8) is 0 Å². The third kappa shape index (κ3) is 2.82. The largest absolute Gasteiger partial charge is 0.373 e. The molecule has 0 aromatic heterocycles. The summed E-state index contributed by atoms with van der Waals surface area (Å²) in [5.41, 5.74) is 2.88. The fourth-order valence-electron chi connectivity index (χ4n) is 2.92. The summed E-state index contributed by atoms with van der Waals surface area (Å²) >= 11 is 0. The molecule has 5 heteroatoms. The third-order valence-corrected chi connectivity index (χ3v) is 3.98. The molecule has 1 N–H and O–H groups in total. The molecule has 0 saturated carbocycles. The number of carbonyl (C=O) groups excluding carboxylic acids is 2. The number of para-hydroxylation sites is 1. The fourth-order valence-corrected chi connectivity index (χ4v) is 2.92. The van der Waals surface area contributed by atoms with Crippen molar-refractivity contribution in [2.75, 3.05) is 10.2 Å². The van der Waals surface area contributed by atoms with Crippen molar-refractivity contribution >= 4 is 23.2 Å². The van der Waals surface area contributed by atoms with Gasteiger partial charge in [-0.05, 0) is 43.2 Å². The van der Waals surface area contributed by atoms with Crippen LogP contribution in [0.3, 0.4) is 0 Å². The first kappa shape index (κ1) is 15.2. The molecule has 1 saturated heterocycles. The summed E-state index contributed by atoms with van der Waals surface area (Å²) in [6.07, 6.45) is 0.0587. The molecule has 2 aromatic rings. The minimum atomic E-state index is -0.677. The number of anilines is 2. The summed E-state index contributed by atoms with van der Waals surface area (Å²) in [5, 5.41) is 2.95. The van der Waals surface area contributed by atoms with Gasteiger partial charge in [-0.25, -0.2) is 9.29 Å². The Balaban J connectivity index is 1.88. The van der Waals surface area contributed by atoms with Crippen LogP contribution in [0.25, 0.3) is 0 Å². The fraction of sp³-hybridized carbons (Fsp3) is 0.222. The zero-order chi connectivity index (χ0) is 16.6. The third-order valence-electron chi connectivity index (χ3n) is 3.98. The number of rotatable bonds is 3. The molecule has 1 aliphatic rings. The number of amides is 2. The number of nitrogens with one attached hydrogen (secondary N) is 1. The van der Waals surface area contributed by atoms with E-state index in [9.17, 15) is 14.0 Å². The number of imide groups is 1. The van der Waals surface area contributed by atoms with Gasteiger partial charge in [-0.1, -0.05) is 24.3 Å². The summed E-state index contributed by atoms with van der Waals surface area (Å²) in [4.78, 5) is 26.2. The first-order chi connectivity index (χ1) is 11.0. The van der Waals surface area contributed by atoms with Gasteiger partial charge >= 0.3 is 0 Å². The Morgan fingerprint density at radius 3 is 2.39 bits per heavy atom. The van der Waals surface area contributed by atoms with Crippen LogP contribution >= 0.6 is 0 Å². The molecule has 0 aliphatic carbocycles. The molecule has 118 valence electrons. The Morgan fingerprint density at radius 1 is 1.09 bits per heavy atom. The lowest BCUT2D eigenvalue weighted by molar-refractivity contribution is -0.121. The first-order valence-corrected chi connectivity index (χ1v) is 7.42. The number of halogens is 1. The molecule has 2 amide bonds. The van der Waals surface area contributed by atoms with Crippen LogP contribution in [0.4, 0.5) is 15.8 Å². The van der Waals surface area contributed by atoms with E-state index in [2.05, 4.69) is 5.32 Å². The second-order valence-corrected chi connectivity index (χ2v) is 5.72. The van der Waals surface area contributed by atoms with Crippen molar-refractivity contribution in [2.24, 2.45) is 0 Å². The Kier molecular flexibility index (Phi) is 3.86. The highest BCUT2D eigenvalue weighted by Gasteiger charge is 2.40. The van der Waals surface area contributed by atoms with Gasteiger partial charge < -0.3 is 5.32 Å². The first-order valence-electron chi connectivity index (χ1n) is 7.42. The van der Waals surface area contributed by atoms with Crippen molar-refractivity contribution < 1.29 is 14.0 Å². The molecule has 0 radical (unpaired) electrons. The van der Waals surface area contributed by atoms with Gasteiger partial charge in [0.2, 0.25) is 5.91 Å². The van der Waals surface area contributed by atoms with E-state index in [0.29, 0.717) is 11.4 Å². The van der Waals surface area contributed by atoms with Crippen LogP contribution < -0.4 is 10.2 Å². The van der Waals surface area contributed by atoms with E-state index < -0.39 is 11.9 Å². The van der Waals surface area contributed by atoms with Crippen LogP contribution in [0, 0.1) is 19.7 Å².